The number of ether oxygens (including phenoxy) is 1. The quantitative estimate of drug-likeness (QED) is 0.842. The normalized spacial score (nSPS) is 22.2. The van der Waals surface area contributed by atoms with Gasteiger partial charge >= 0.3 is 0 Å². The Morgan fingerprint density at radius 1 is 1.59 bits per heavy atom. The summed E-state index contributed by atoms with van der Waals surface area (Å²) in [5.41, 5.74) is 7.14. The van der Waals surface area contributed by atoms with Crippen molar-refractivity contribution >= 4 is 0 Å². The molecule has 1 aliphatic rings. The maximum absolute atomic E-state index is 5.90. The molecule has 0 amide bonds. The molecule has 2 heterocycles. The molecule has 0 radical (unpaired) electrons. The highest BCUT2D eigenvalue weighted by molar-refractivity contribution is 5.15. The number of hydrogen-bond donors (Lipinski definition) is 1. The van der Waals surface area contributed by atoms with Crippen molar-refractivity contribution < 1.29 is 9.15 Å². The summed E-state index contributed by atoms with van der Waals surface area (Å²) in [6, 6.07) is 2.43. The van der Waals surface area contributed by atoms with E-state index in [0.29, 0.717) is 18.5 Å². The number of rotatable bonds is 5. The first-order valence-electron chi connectivity index (χ1n) is 6.23. The molecule has 1 saturated heterocycles. The molecular weight excluding hydrogens is 216 g/mol. The van der Waals surface area contributed by atoms with Gasteiger partial charge in [-0.05, 0) is 26.5 Å². The topological polar surface area (TPSA) is 51.6 Å². The van der Waals surface area contributed by atoms with Gasteiger partial charge in [0.1, 0.15) is 5.76 Å². The molecule has 2 rings (SSSR count). The highest BCUT2D eigenvalue weighted by atomic mass is 16.5. The number of aryl methyl sites for hydroxylation is 1. The summed E-state index contributed by atoms with van der Waals surface area (Å²) >= 11 is 0. The van der Waals surface area contributed by atoms with Gasteiger partial charge in [0, 0.05) is 37.2 Å². The molecule has 1 aliphatic heterocycles. The Bertz CT molecular complexity index is 345. The van der Waals surface area contributed by atoms with Gasteiger partial charge in [-0.1, -0.05) is 0 Å². The Labute approximate surface area is 103 Å². The minimum Gasteiger partial charge on any atom is -0.469 e. The van der Waals surface area contributed by atoms with Crippen LogP contribution in [0.5, 0.6) is 0 Å². The van der Waals surface area contributed by atoms with Crippen LogP contribution in [0.3, 0.4) is 0 Å². The number of nitrogens with zero attached hydrogens (tertiary/aromatic N) is 1. The molecule has 4 nitrogen and oxygen atoms in total. The molecule has 1 fully saturated rings. The lowest BCUT2D eigenvalue weighted by atomic mass is 9.97. The molecular formula is C13H22N2O2. The maximum Gasteiger partial charge on any atom is 0.105 e. The van der Waals surface area contributed by atoms with E-state index in [2.05, 4.69) is 11.9 Å². The molecule has 1 aromatic rings. The first kappa shape index (κ1) is 12.6. The summed E-state index contributed by atoms with van der Waals surface area (Å²) in [5.74, 6) is 1.56. The largest absolute Gasteiger partial charge is 0.469 e. The van der Waals surface area contributed by atoms with Gasteiger partial charge in [-0.15, -0.1) is 0 Å². The van der Waals surface area contributed by atoms with Gasteiger partial charge in [-0.25, -0.2) is 0 Å². The number of nitrogens with two attached hydrogens (primary N) is 1. The van der Waals surface area contributed by atoms with Crippen molar-refractivity contribution in [3.63, 3.8) is 0 Å². The summed E-state index contributed by atoms with van der Waals surface area (Å²) in [6.07, 6.45) is 2.87. The van der Waals surface area contributed by atoms with Gasteiger partial charge in [0.25, 0.3) is 0 Å². The van der Waals surface area contributed by atoms with Crippen molar-refractivity contribution in [2.75, 3.05) is 26.8 Å². The molecule has 0 saturated carbocycles. The van der Waals surface area contributed by atoms with Crippen molar-refractivity contribution in [3.8, 4) is 0 Å². The lowest BCUT2D eigenvalue weighted by Gasteiger charge is -2.30. The molecule has 0 aromatic carbocycles. The minimum atomic E-state index is 0.395. The molecule has 4 heteroatoms. The highest BCUT2D eigenvalue weighted by Gasteiger charge is 2.28. The molecule has 2 N–H and O–H groups in total. The molecule has 1 aromatic heterocycles. The van der Waals surface area contributed by atoms with Crippen molar-refractivity contribution in [1.29, 1.82) is 0 Å². The third kappa shape index (κ3) is 2.89. The average molecular weight is 238 g/mol. The van der Waals surface area contributed by atoms with Crippen LogP contribution in [0.25, 0.3) is 0 Å². The fourth-order valence-corrected chi connectivity index (χ4v) is 2.55. The molecule has 2 atom stereocenters. The molecule has 2 unspecified atom stereocenters. The van der Waals surface area contributed by atoms with Crippen molar-refractivity contribution in [1.82, 2.24) is 4.90 Å². The van der Waals surface area contributed by atoms with Crippen LogP contribution in [0, 0.1) is 12.8 Å². The van der Waals surface area contributed by atoms with E-state index < -0.39 is 0 Å². The van der Waals surface area contributed by atoms with Gasteiger partial charge in [-0.3, -0.25) is 4.90 Å². The summed E-state index contributed by atoms with van der Waals surface area (Å²) in [4.78, 5) is 2.32. The van der Waals surface area contributed by atoms with Gasteiger partial charge < -0.3 is 14.9 Å². The summed E-state index contributed by atoms with van der Waals surface area (Å²) < 4.78 is 10.8. The second kappa shape index (κ2) is 5.67. The predicted octanol–water partition coefficient (Wildman–Crippen LogP) is 1.38. The van der Waals surface area contributed by atoms with Crippen LogP contribution < -0.4 is 5.73 Å². The predicted molar refractivity (Wildman–Crippen MR) is 66.7 cm³/mol. The Morgan fingerprint density at radius 3 is 2.94 bits per heavy atom. The second-order valence-electron chi connectivity index (χ2n) is 4.84. The van der Waals surface area contributed by atoms with Gasteiger partial charge in [-0.2, -0.15) is 0 Å². The Kier molecular flexibility index (Phi) is 4.20. The van der Waals surface area contributed by atoms with E-state index in [1.165, 1.54) is 5.56 Å². The summed E-state index contributed by atoms with van der Waals surface area (Å²) in [5, 5.41) is 0. The smallest absolute Gasteiger partial charge is 0.105 e. The van der Waals surface area contributed by atoms with Crippen molar-refractivity contribution in [2.24, 2.45) is 11.7 Å². The van der Waals surface area contributed by atoms with E-state index in [1.807, 2.05) is 13.0 Å². The number of likely N-dealkylation sites (N-methyl/N-ethyl adjacent to an activating group) is 1. The zero-order valence-corrected chi connectivity index (χ0v) is 10.7. The van der Waals surface area contributed by atoms with E-state index in [-0.39, 0.29) is 0 Å². The van der Waals surface area contributed by atoms with E-state index in [4.69, 9.17) is 14.9 Å². The van der Waals surface area contributed by atoms with Crippen LogP contribution in [0.4, 0.5) is 0 Å². The van der Waals surface area contributed by atoms with Crippen LogP contribution in [0.1, 0.15) is 17.7 Å². The monoisotopic (exact) mass is 238 g/mol. The standard InChI is InChI=1S/C13H22N2O2/c1-10-11(4-6-17-10)8-15(2)13(7-14)12-3-5-16-9-12/h4,6,12-13H,3,5,7-9,14H2,1-2H3. The van der Waals surface area contributed by atoms with E-state index in [1.54, 1.807) is 6.26 Å². The second-order valence-corrected chi connectivity index (χ2v) is 4.84. The lowest BCUT2D eigenvalue weighted by Crippen LogP contribution is -2.43. The van der Waals surface area contributed by atoms with Crippen LogP contribution in [-0.4, -0.2) is 37.7 Å². The van der Waals surface area contributed by atoms with Gasteiger partial charge in [0.15, 0.2) is 0 Å². The molecule has 0 bridgehead atoms. The van der Waals surface area contributed by atoms with Gasteiger partial charge in [0.2, 0.25) is 0 Å². The molecule has 0 spiro atoms. The summed E-state index contributed by atoms with van der Waals surface area (Å²) in [7, 11) is 2.13. The third-order valence-corrected chi connectivity index (χ3v) is 3.70. The Hall–Kier alpha value is -0.840. The fourth-order valence-electron chi connectivity index (χ4n) is 2.55. The molecule has 96 valence electrons. The first-order chi connectivity index (χ1) is 8.22. The number of hydrogen-bond acceptors (Lipinski definition) is 4. The van der Waals surface area contributed by atoms with E-state index in [0.717, 1.165) is 31.9 Å². The maximum atomic E-state index is 5.90. The van der Waals surface area contributed by atoms with Gasteiger partial charge in [0.05, 0.1) is 12.9 Å². The van der Waals surface area contributed by atoms with Crippen LogP contribution >= 0.6 is 0 Å². The Balaban J connectivity index is 1.97. The van der Waals surface area contributed by atoms with Crippen LogP contribution in [0.15, 0.2) is 16.7 Å². The molecule has 17 heavy (non-hydrogen) atoms. The number of furan rings is 1. The van der Waals surface area contributed by atoms with Crippen LogP contribution in [0.2, 0.25) is 0 Å². The lowest BCUT2D eigenvalue weighted by molar-refractivity contribution is 0.136. The average Bonchev–Trinajstić information content (AvgIpc) is 2.93. The fraction of sp³-hybridized carbons (Fsp3) is 0.692. The molecule has 0 aliphatic carbocycles. The highest BCUT2D eigenvalue weighted by Crippen LogP contribution is 2.22. The summed E-state index contributed by atoms with van der Waals surface area (Å²) in [6.45, 7) is 5.29. The minimum absolute atomic E-state index is 0.395. The zero-order chi connectivity index (χ0) is 12.3. The SMILES string of the molecule is Cc1occc1CN(C)C(CN)C1CCOC1. The van der Waals surface area contributed by atoms with Crippen molar-refractivity contribution in [3.05, 3.63) is 23.7 Å². The van der Waals surface area contributed by atoms with E-state index in [9.17, 15) is 0 Å². The first-order valence-corrected chi connectivity index (χ1v) is 6.23. The van der Waals surface area contributed by atoms with E-state index >= 15 is 0 Å². The third-order valence-electron chi connectivity index (χ3n) is 3.70. The Morgan fingerprint density at radius 2 is 2.41 bits per heavy atom. The van der Waals surface area contributed by atoms with Crippen molar-refractivity contribution in [2.45, 2.75) is 25.9 Å². The zero-order valence-electron chi connectivity index (χ0n) is 10.7. The van der Waals surface area contributed by atoms with Crippen LogP contribution in [-0.2, 0) is 11.3 Å².